The first-order valence-corrected chi connectivity index (χ1v) is 8.10. The fraction of sp³-hybridized carbons (Fsp3) is 0.714. The molecule has 1 aromatic heterocycles. The summed E-state index contributed by atoms with van der Waals surface area (Å²) in [6.07, 6.45) is 5.17. The van der Waals surface area contributed by atoms with Crippen LogP contribution in [-0.2, 0) is 6.42 Å². The van der Waals surface area contributed by atoms with E-state index in [1.807, 2.05) is 11.3 Å². The molecule has 0 amide bonds. The second-order valence-corrected chi connectivity index (χ2v) is 8.01. The molecule has 1 saturated carbocycles. The maximum absolute atomic E-state index is 5.94. The first kappa shape index (κ1) is 13.6. The van der Waals surface area contributed by atoms with Crippen LogP contribution >= 0.6 is 27.3 Å². The van der Waals surface area contributed by atoms with E-state index in [1.165, 1.54) is 35.0 Å². The zero-order valence-corrected chi connectivity index (χ0v) is 13.1. The van der Waals surface area contributed by atoms with Crippen LogP contribution in [-0.4, -0.2) is 6.54 Å². The van der Waals surface area contributed by atoms with E-state index in [4.69, 9.17) is 5.73 Å². The summed E-state index contributed by atoms with van der Waals surface area (Å²) >= 11 is 5.41. The van der Waals surface area contributed by atoms with Gasteiger partial charge in [-0.1, -0.05) is 13.8 Å². The van der Waals surface area contributed by atoms with Crippen molar-refractivity contribution in [2.45, 2.75) is 39.5 Å². The molecule has 2 unspecified atom stereocenters. The molecule has 0 radical (unpaired) electrons. The first-order chi connectivity index (χ1) is 8.00. The van der Waals surface area contributed by atoms with Crippen LogP contribution in [0.25, 0.3) is 0 Å². The normalized spacial score (nSPS) is 28.2. The highest BCUT2D eigenvalue weighted by Crippen LogP contribution is 2.43. The Morgan fingerprint density at radius 2 is 2.24 bits per heavy atom. The monoisotopic (exact) mass is 315 g/mol. The smallest absolute Gasteiger partial charge is 0.0285 e. The molecule has 17 heavy (non-hydrogen) atoms. The third-order valence-electron chi connectivity index (χ3n) is 4.06. The molecule has 0 spiro atoms. The lowest BCUT2D eigenvalue weighted by Crippen LogP contribution is -2.35. The van der Waals surface area contributed by atoms with Gasteiger partial charge in [0.05, 0.1) is 0 Å². The van der Waals surface area contributed by atoms with Crippen molar-refractivity contribution < 1.29 is 0 Å². The molecule has 1 heterocycles. The Labute approximate surface area is 117 Å². The SMILES string of the molecule is CC1(C)CCC(CN)C(Cc2cc(Br)cs2)C1. The molecular formula is C14H22BrNS. The van der Waals surface area contributed by atoms with Gasteiger partial charge in [0.2, 0.25) is 0 Å². The minimum Gasteiger partial charge on any atom is -0.330 e. The minimum absolute atomic E-state index is 0.505. The third kappa shape index (κ3) is 3.55. The van der Waals surface area contributed by atoms with E-state index in [1.54, 1.807) is 0 Å². The van der Waals surface area contributed by atoms with Gasteiger partial charge in [0, 0.05) is 14.7 Å². The lowest BCUT2D eigenvalue weighted by molar-refractivity contribution is 0.122. The molecule has 1 aliphatic carbocycles. The second kappa shape index (κ2) is 5.41. The molecule has 0 aromatic carbocycles. The first-order valence-electron chi connectivity index (χ1n) is 6.43. The van der Waals surface area contributed by atoms with E-state index in [0.717, 1.165) is 18.4 Å². The predicted octanol–water partition coefficient (Wildman–Crippen LogP) is 4.45. The fourth-order valence-corrected chi connectivity index (χ4v) is 4.60. The van der Waals surface area contributed by atoms with Gasteiger partial charge in [0.1, 0.15) is 0 Å². The lowest BCUT2D eigenvalue weighted by Gasteiger charge is -2.40. The van der Waals surface area contributed by atoms with Crippen LogP contribution in [0.4, 0.5) is 0 Å². The van der Waals surface area contributed by atoms with Crippen LogP contribution in [0.15, 0.2) is 15.9 Å². The summed E-state index contributed by atoms with van der Waals surface area (Å²) in [5, 5.41) is 2.18. The van der Waals surface area contributed by atoms with Gasteiger partial charge in [-0.3, -0.25) is 0 Å². The van der Waals surface area contributed by atoms with Crippen molar-refractivity contribution in [1.29, 1.82) is 0 Å². The molecule has 96 valence electrons. The van der Waals surface area contributed by atoms with Gasteiger partial charge in [-0.05, 0) is 71.5 Å². The molecular weight excluding hydrogens is 294 g/mol. The summed E-state index contributed by atoms with van der Waals surface area (Å²) in [7, 11) is 0. The van der Waals surface area contributed by atoms with Crippen LogP contribution in [0, 0.1) is 17.3 Å². The molecule has 2 atom stereocenters. The standard InChI is InChI=1S/C14H22BrNS/c1-14(2)4-3-10(8-16)11(7-14)5-13-6-12(15)9-17-13/h6,9-11H,3-5,7-8,16H2,1-2H3. The van der Waals surface area contributed by atoms with Gasteiger partial charge in [0.25, 0.3) is 0 Å². The number of halogens is 1. The van der Waals surface area contributed by atoms with E-state index in [0.29, 0.717) is 5.41 Å². The predicted molar refractivity (Wildman–Crippen MR) is 79.4 cm³/mol. The van der Waals surface area contributed by atoms with E-state index in [9.17, 15) is 0 Å². The molecule has 0 bridgehead atoms. The highest BCUT2D eigenvalue weighted by molar-refractivity contribution is 9.10. The zero-order valence-electron chi connectivity index (χ0n) is 10.7. The maximum Gasteiger partial charge on any atom is 0.0285 e. The quantitative estimate of drug-likeness (QED) is 0.876. The van der Waals surface area contributed by atoms with Crippen LogP contribution in [0.2, 0.25) is 0 Å². The summed E-state index contributed by atoms with van der Waals surface area (Å²) in [4.78, 5) is 1.50. The van der Waals surface area contributed by atoms with Crippen LogP contribution in [0.3, 0.4) is 0 Å². The minimum atomic E-state index is 0.505. The number of rotatable bonds is 3. The average Bonchev–Trinajstić information content (AvgIpc) is 2.63. The van der Waals surface area contributed by atoms with E-state index in [-0.39, 0.29) is 0 Å². The Kier molecular flexibility index (Phi) is 4.32. The van der Waals surface area contributed by atoms with Crippen LogP contribution < -0.4 is 5.73 Å². The fourth-order valence-electron chi connectivity index (χ4n) is 3.06. The van der Waals surface area contributed by atoms with Crippen molar-refractivity contribution in [3.63, 3.8) is 0 Å². The highest BCUT2D eigenvalue weighted by Gasteiger charge is 2.34. The van der Waals surface area contributed by atoms with Crippen molar-refractivity contribution >= 4 is 27.3 Å². The van der Waals surface area contributed by atoms with E-state index < -0.39 is 0 Å². The van der Waals surface area contributed by atoms with Crippen molar-refractivity contribution in [1.82, 2.24) is 0 Å². The molecule has 1 aromatic rings. The van der Waals surface area contributed by atoms with Crippen molar-refractivity contribution in [3.8, 4) is 0 Å². The van der Waals surface area contributed by atoms with E-state index in [2.05, 4.69) is 41.2 Å². The van der Waals surface area contributed by atoms with Crippen molar-refractivity contribution in [3.05, 3.63) is 20.8 Å². The van der Waals surface area contributed by atoms with E-state index >= 15 is 0 Å². The van der Waals surface area contributed by atoms with Crippen LogP contribution in [0.5, 0.6) is 0 Å². The van der Waals surface area contributed by atoms with Gasteiger partial charge in [-0.25, -0.2) is 0 Å². The number of hydrogen-bond donors (Lipinski definition) is 1. The van der Waals surface area contributed by atoms with Gasteiger partial charge >= 0.3 is 0 Å². The number of hydrogen-bond acceptors (Lipinski definition) is 2. The Morgan fingerprint density at radius 1 is 1.47 bits per heavy atom. The molecule has 1 nitrogen and oxygen atoms in total. The summed E-state index contributed by atoms with van der Waals surface area (Å²) in [5.41, 5.74) is 6.44. The average molecular weight is 316 g/mol. The summed E-state index contributed by atoms with van der Waals surface area (Å²) in [6, 6.07) is 2.26. The summed E-state index contributed by atoms with van der Waals surface area (Å²) in [6.45, 7) is 5.65. The summed E-state index contributed by atoms with van der Waals surface area (Å²) in [5.74, 6) is 1.50. The van der Waals surface area contributed by atoms with Gasteiger partial charge < -0.3 is 5.73 Å². The third-order valence-corrected chi connectivity index (χ3v) is 5.78. The lowest BCUT2D eigenvalue weighted by atomic mass is 9.66. The van der Waals surface area contributed by atoms with Crippen molar-refractivity contribution in [2.75, 3.05) is 6.54 Å². The number of nitrogens with two attached hydrogens (primary N) is 1. The Hall–Kier alpha value is 0.140. The Morgan fingerprint density at radius 3 is 2.82 bits per heavy atom. The van der Waals surface area contributed by atoms with Gasteiger partial charge in [-0.2, -0.15) is 0 Å². The zero-order chi connectivity index (χ0) is 12.5. The molecule has 0 saturated heterocycles. The molecule has 1 fully saturated rings. The van der Waals surface area contributed by atoms with Gasteiger partial charge in [-0.15, -0.1) is 11.3 Å². The highest BCUT2D eigenvalue weighted by atomic mass is 79.9. The molecule has 0 aliphatic heterocycles. The van der Waals surface area contributed by atoms with Crippen LogP contribution in [0.1, 0.15) is 38.0 Å². The summed E-state index contributed by atoms with van der Waals surface area (Å²) < 4.78 is 1.22. The largest absolute Gasteiger partial charge is 0.330 e. The van der Waals surface area contributed by atoms with Gasteiger partial charge in [0.15, 0.2) is 0 Å². The van der Waals surface area contributed by atoms with Crippen molar-refractivity contribution in [2.24, 2.45) is 23.0 Å². The Balaban J connectivity index is 2.05. The Bertz CT molecular complexity index is 372. The molecule has 1 aliphatic rings. The topological polar surface area (TPSA) is 26.0 Å². The molecule has 2 N–H and O–H groups in total. The number of thiophene rings is 1. The maximum atomic E-state index is 5.94. The molecule has 3 heteroatoms. The molecule has 2 rings (SSSR count). The second-order valence-electron chi connectivity index (χ2n) is 6.10.